The molecule has 4 aromatic carbocycles. The summed E-state index contributed by atoms with van der Waals surface area (Å²) in [6, 6.07) is 33.8. The Hall–Kier alpha value is -4.30. The van der Waals surface area contributed by atoms with Gasteiger partial charge in [0, 0.05) is 47.0 Å². The molecule has 0 bridgehead atoms. The van der Waals surface area contributed by atoms with E-state index in [9.17, 15) is 0 Å². The fourth-order valence-corrected chi connectivity index (χ4v) is 8.21. The number of para-hydroxylation sites is 2. The maximum absolute atomic E-state index is 6.52. The summed E-state index contributed by atoms with van der Waals surface area (Å²) in [5.74, 6) is 2.49. The van der Waals surface area contributed by atoms with Crippen molar-refractivity contribution < 1.29 is 9.47 Å². The fourth-order valence-electron chi connectivity index (χ4n) is 7.41. The number of nitrogens with zero attached hydrogens (tertiary/aromatic N) is 2. The minimum absolute atomic E-state index is 0.401. The van der Waals surface area contributed by atoms with Gasteiger partial charge in [0.15, 0.2) is 0 Å². The number of rotatable bonds is 16. The average Bonchev–Trinajstić information content (AvgIpc) is 3.16. The Morgan fingerprint density at radius 3 is 1.23 bits per heavy atom. The number of halogens is 2. The van der Waals surface area contributed by atoms with Crippen molar-refractivity contribution in [2.24, 2.45) is 11.8 Å². The monoisotopic (exact) mass is 887 g/mol. The third-order valence-corrected chi connectivity index (χ3v) is 11.6. The normalized spacial score (nSPS) is 11.4. The van der Waals surface area contributed by atoms with Crippen molar-refractivity contribution in [2.45, 2.75) is 94.5 Å². The number of aromatic nitrogens is 2. The molecule has 1 N–H and O–H groups in total. The van der Waals surface area contributed by atoms with Crippen LogP contribution >= 0.6 is 31.9 Å². The lowest BCUT2D eigenvalue weighted by Crippen LogP contribution is -2.21. The van der Waals surface area contributed by atoms with Crippen LogP contribution in [-0.4, -0.2) is 9.97 Å². The molecule has 0 aliphatic heterocycles. The van der Waals surface area contributed by atoms with E-state index in [4.69, 9.17) is 19.4 Å². The Morgan fingerprint density at radius 2 is 0.877 bits per heavy atom. The third kappa shape index (κ3) is 10.6. The Balaban J connectivity index is 1.46. The Bertz CT molecular complexity index is 2140. The molecule has 0 fully saturated rings. The maximum Gasteiger partial charge on any atom is 0.133 e. The smallest absolute Gasteiger partial charge is 0.133 e. The van der Waals surface area contributed by atoms with E-state index in [2.05, 4.69) is 141 Å². The highest BCUT2D eigenvalue weighted by Gasteiger charge is 2.24. The van der Waals surface area contributed by atoms with Crippen molar-refractivity contribution in [3.05, 3.63) is 162 Å². The van der Waals surface area contributed by atoms with Gasteiger partial charge in [-0.05, 0) is 142 Å². The van der Waals surface area contributed by atoms with Crippen molar-refractivity contribution in [2.75, 3.05) is 0 Å². The topological polar surface area (TPSA) is 56.3 Å². The van der Waals surface area contributed by atoms with Crippen molar-refractivity contribution >= 4 is 31.9 Å². The van der Waals surface area contributed by atoms with Gasteiger partial charge in [0.25, 0.3) is 0 Å². The molecular formula is C50H55Br2N3O2. The molecule has 0 atom stereocenters. The van der Waals surface area contributed by atoms with Gasteiger partial charge in [-0.1, -0.05) is 112 Å². The number of aryl methyl sites for hydroxylation is 4. The van der Waals surface area contributed by atoms with Crippen molar-refractivity contribution in [3.63, 3.8) is 0 Å². The SMILES string of the molecule is Cc1ccc(-c2c(COc3ccccc3Br)c(C)nc(CC(C)C)c2CNCc2c(CC(C)C)nc(C)c(COc3ccccc3Br)c2-c2ccc(C)cc2)cc1. The molecule has 7 heteroatoms. The van der Waals surface area contributed by atoms with Gasteiger partial charge in [-0.3, -0.25) is 9.97 Å². The van der Waals surface area contributed by atoms with Gasteiger partial charge in [0.1, 0.15) is 24.7 Å². The molecule has 6 rings (SSSR count). The Morgan fingerprint density at radius 1 is 0.509 bits per heavy atom. The van der Waals surface area contributed by atoms with Gasteiger partial charge in [-0.2, -0.15) is 0 Å². The van der Waals surface area contributed by atoms with Crippen LogP contribution in [0, 0.1) is 39.5 Å². The summed E-state index contributed by atoms with van der Waals surface area (Å²) in [5, 5.41) is 3.97. The Labute approximate surface area is 357 Å². The molecule has 0 spiro atoms. The lowest BCUT2D eigenvalue weighted by atomic mass is 9.89. The predicted molar refractivity (Wildman–Crippen MR) is 243 cm³/mol. The van der Waals surface area contributed by atoms with Gasteiger partial charge in [0.05, 0.1) is 8.95 Å². The summed E-state index contributed by atoms with van der Waals surface area (Å²) < 4.78 is 14.9. The van der Waals surface area contributed by atoms with Crippen molar-refractivity contribution in [3.8, 4) is 33.8 Å². The summed E-state index contributed by atoms with van der Waals surface area (Å²) in [5.41, 5.74) is 16.1. The lowest BCUT2D eigenvalue weighted by molar-refractivity contribution is 0.303. The maximum atomic E-state index is 6.52. The van der Waals surface area contributed by atoms with Crippen LogP contribution in [0.2, 0.25) is 0 Å². The van der Waals surface area contributed by atoms with Crippen LogP contribution in [0.5, 0.6) is 11.5 Å². The van der Waals surface area contributed by atoms with E-state index in [0.717, 1.165) is 67.2 Å². The molecule has 0 unspecified atom stereocenters. The molecule has 2 heterocycles. The second kappa shape index (κ2) is 19.4. The van der Waals surface area contributed by atoms with Crippen LogP contribution in [-0.2, 0) is 39.1 Å². The Kier molecular flexibility index (Phi) is 14.4. The van der Waals surface area contributed by atoms with Crippen LogP contribution in [0.1, 0.15) is 83.9 Å². The van der Waals surface area contributed by atoms with Crippen LogP contribution in [0.4, 0.5) is 0 Å². The number of benzene rings is 4. The van der Waals surface area contributed by atoms with Crippen LogP contribution < -0.4 is 14.8 Å². The molecule has 0 aliphatic carbocycles. The summed E-state index contributed by atoms with van der Waals surface area (Å²) in [7, 11) is 0. The summed E-state index contributed by atoms with van der Waals surface area (Å²) in [6.45, 7) is 19.7. The van der Waals surface area contributed by atoms with E-state index in [1.165, 1.54) is 44.5 Å². The lowest BCUT2D eigenvalue weighted by Gasteiger charge is -2.24. The van der Waals surface area contributed by atoms with E-state index in [-0.39, 0.29) is 0 Å². The number of hydrogen-bond donors (Lipinski definition) is 1. The highest BCUT2D eigenvalue weighted by atomic mass is 79.9. The van der Waals surface area contributed by atoms with Crippen LogP contribution in [0.3, 0.4) is 0 Å². The fraction of sp³-hybridized carbons (Fsp3) is 0.320. The molecule has 0 saturated heterocycles. The highest BCUT2D eigenvalue weighted by Crippen LogP contribution is 2.37. The van der Waals surface area contributed by atoms with E-state index >= 15 is 0 Å². The molecule has 57 heavy (non-hydrogen) atoms. The zero-order chi connectivity index (χ0) is 40.6. The van der Waals surface area contributed by atoms with Crippen molar-refractivity contribution in [1.29, 1.82) is 0 Å². The first kappa shape index (κ1) is 42.3. The first-order valence-electron chi connectivity index (χ1n) is 20.0. The minimum Gasteiger partial charge on any atom is -0.488 e. The summed E-state index contributed by atoms with van der Waals surface area (Å²) >= 11 is 7.37. The van der Waals surface area contributed by atoms with Crippen LogP contribution in [0.25, 0.3) is 22.3 Å². The zero-order valence-electron chi connectivity index (χ0n) is 34.6. The first-order valence-corrected chi connectivity index (χ1v) is 21.6. The second-order valence-electron chi connectivity index (χ2n) is 15.9. The van der Waals surface area contributed by atoms with E-state index in [0.29, 0.717) is 38.1 Å². The van der Waals surface area contributed by atoms with Gasteiger partial charge >= 0.3 is 0 Å². The molecule has 0 radical (unpaired) electrons. The number of ether oxygens (including phenoxy) is 2. The summed E-state index contributed by atoms with van der Waals surface area (Å²) in [6.07, 6.45) is 1.75. The first-order chi connectivity index (χ1) is 27.4. The number of pyridine rings is 2. The quantitative estimate of drug-likeness (QED) is 0.105. The molecule has 0 saturated carbocycles. The molecule has 2 aromatic heterocycles. The van der Waals surface area contributed by atoms with Gasteiger partial charge in [-0.25, -0.2) is 0 Å². The standard InChI is InChI=1S/C50H55Br2N3O2/c1-31(2)25-45-39(49(37-21-17-33(5)18-22-37)41(35(7)54-45)29-56-47-15-11-9-13-43(47)51)27-53-28-40-46(26-32(3)4)55-36(8)42(30-57-48-16-12-10-14-44(48)52)50(40)38-23-19-34(6)20-24-38/h9-24,31-32,53H,25-30H2,1-8H3. The molecular weight excluding hydrogens is 834 g/mol. The predicted octanol–water partition coefficient (Wildman–Crippen LogP) is 13.4. The van der Waals surface area contributed by atoms with Gasteiger partial charge < -0.3 is 14.8 Å². The van der Waals surface area contributed by atoms with E-state index < -0.39 is 0 Å². The second-order valence-corrected chi connectivity index (χ2v) is 17.6. The number of nitrogens with one attached hydrogen (secondary N) is 1. The molecule has 6 aromatic rings. The number of hydrogen-bond acceptors (Lipinski definition) is 5. The van der Waals surface area contributed by atoms with Gasteiger partial charge in [0.2, 0.25) is 0 Å². The van der Waals surface area contributed by atoms with Crippen LogP contribution in [0.15, 0.2) is 106 Å². The molecule has 0 amide bonds. The average molecular weight is 890 g/mol. The molecule has 0 aliphatic rings. The molecule has 5 nitrogen and oxygen atoms in total. The van der Waals surface area contributed by atoms with Crippen molar-refractivity contribution in [1.82, 2.24) is 15.3 Å². The minimum atomic E-state index is 0.401. The molecule has 296 valence electrons. The van der Waals surface area contributed by atoms with E-state index in [1.54, 1.807) is 0 Å². The van der Waals surface area contributed by atoms with E-state index in [1.807, 2.05) is 48.5 Å². The largest absolute Gasteiger partial charge is 0.488 e. The summed E-state index contributed by atoms with van der Waals surface area (Å²) in [4.78, 5) is 10.7. The highest BCUT2D eigenvalue weighted by molar-refractivity contribution is 9.10. The third-order valence-electron chi connectivity index (χ3n) is 10.3. The zero-order valence-corrected chi connectivity index (χ0v) is 37.8. The van der Waals surface area contributed by atoms with Gasteiger partial charge in [-0.15, -0.1) is 0 Å².